The highest BCUT2D eigenvalue weighted by molar-refractivity contribution is 6.70. The summed E-state index contributed by atoms with van der Waals surface area (Å²) in [5.74, 6) is 0.450. The van der Waals surface area contributed by atoms with E-state index >= 15 is 0 Å². The molecule has 0 spiro atoms. The minimum atomic E-state index is -0.412. The zero-order chi connectivity index (χ0) is 16.6. The van der Waals surface area contributed by atoms with Crippen LogP contribution in [0.3, 0.4) is 0 Å². The largest absolute Gasteiger partial charge is 0.446 e. The molecule has 0 saturated carbocycles. The Morgan fingerprint density at radius 2 is 1.87 bits per heavy atom. The molecule has 118 valence electrons. The van der Waals surface area contributed by atoms with Gasteiger partial charge in [-0.25, -0.2) is 14.6 Å². The number of carbonyl (C=O) groups is 2. The molecule has 2 aliphatic heterocycles. The van der Waals surface area contributed by atoms with Crippen LogP contribution in [0.2, 0.25) is 0 Å². The van der Waals surface area contributed by atoms with Crippen molar-refractivity contribution in [1.29, 1.82) is 0 Å². The highest BCUT2D eigenvalue weighted by atomic mass is 16.2. The molecule has 2 aliphatic rings. The molecule has 1 aromatic carbocycles. The first-order valence-electron chi connectivity index (χ1n) is 7.42. The summed E-state index contributed by atoms with van der Waals surface area (Å²) in [7, 11) is 3.04. The van der Waals surface area contributed by atoms with Crippen LogP contribution in [0, 0.1) is 0 Å². The van der Waals surface area contributed by atoms with Crippen molar-refractivity contribution in [2.75, 3.05) is 32.1 Å². The maximum absolute atomic E-state index is 12.2. The van der Waals surface area contributed by atoms with Crippen LogP contribution in [0.25, 0.3) is 0 Å². The fourth-order valence-corrected chi connectivity index (χ4v) is 2.58. The molecule has 2 heterocycles. The molecule has 0 unspecified atom stereocenters. The SMILES string of the molecule is CCN(CC1=NC2=[N+](C)C(=O)N(C)C(=O)C2=N1)c1ccccc1. The number of hydrogen-bond donors (Lipinski definition) is 0. The van der Waals surface area contributed by atoms with Crippen molar-refractivity contribution in [3.63, 3.8) is 0 Å². The summed E-state index contributed by atoms with van der Waals surface area (Å²) in [6.07, 6.45) is 0. The predicted octanol–water partition coefficient (Wildman–Crippen LogP) is 0.999. The summed E-state index contributed by atoms with van der Waals surface area (Å²) in [6, 6.07) is 9.54. The first-order valence-corrected chi connectivity index (χ1v) is 7.42. The number of rotatable bonds is 4. The van der Waals surface area contributed by atoms with Gasteiger partial charge in [0.15, 0.2) is 0 Å². The average molecular weight is 312 g/mol. The summed E-state index contributed by atoms with van der Waals surface area (Å²) >= 11 is 0. The summed E-state index contributed by atoms with van der Waals surface area (Å²) in [4.78, 5) is 36.0. The first kappa shape index (κ1) is 15.1. The fourth-order valence-electron chi connectivity index (χ4n) is 2.58. The number of carbonyl (C=O) groups excluding carboxylic acids is 2. The van der Waals surface area contributed by atoms with Crippen molar-refractivity contribution in [3.05, 3.63) is 30.3 Å². The molecule has 1 aromatic rings. The first-order chi connectivity index (χ1) is 11.0. The monoisotopic (exact) mass is 312 g/mol. The second-order valence-electron chi connectivity index (χ2n) is 5.37. The Balaban J connectivity index is 1.90. The molecule has 7 nitrogen and oxygen atoms in total. The van der Waals surface area contributed by atoms with Crippen molar-refractivity contribution in [3.8, 4) is 0 Å². The van der Waals surface area contributed by atoms with Gasteiger partial charge in [0.05, 0.1) is 20.6 Å². The molecule has 0 bridgehead atoms. The van der Waals surface area contributed by atoms with E-state index in [1.54, 1.807) is 7.05 Å². The topological polar surface area (TPSA) is 68.3 Å². The van der Waals surface area contributed by atoms with Crippen LogP contribution in [0.1, 0.15) is 6.92 Å². The Labute approximate surface area is 134 Å². The zero-order valence-electron chi connectivity index (χ0n) is 13.4. The summed E-state index contributed by atoms with van der Waals surface area (Å²) < 4.78 is 1.35. The third-order valence-electron chi connectivity index (χ3n) is 3.92. The number of fused-ring (bicyclic) bond motifs is 1. The van der Waals surface area contributed by atoms with Gasteiger partial charge < -0.3 is 4.90 Å². The van der Waals surface area contributed by atoms with Gasteiger partial charge in [-0.3, -0.25) is 0 Å². The van der Waals surface area contributed by atoms with Crippen LogP contribution >= 0.6 is 0 Å². The number of nitrogens with zero attached hydrogens (tertiary/aromatic N) is 5. The Morgan fingerprint density at radius 1 is 1.17 bits per heavy atom. The Kier molecular flexibility index (Phi) is 3.77. The molecule has 0 aliphatic carbocycles. The van der Waals surface area contributed by atoms with Crippen LogP contribution in [0.4, 0.5) is 10.5 Å². The number of aliphatic imine (C=N–C) groups is 2. The second kappa shape index (κ2) is 5.75. The molecule has 3 amide bonds. The average Bonchev–Trinajstić information content (AvgIpc) is 3.01. The number of anilines is 1. The van der Waals surface area contributed by atoms with E-state index in [-0.39, 0.29) is 5.71 Å². The second-order valence-corrected chi connectivity index (χ2v) is 5.37. The van der Waals surface area contributed by atoms with E-state index < -0.39 is 11.9 Å². The number of amides is 3. The van der Waals surface area contributed by atoms with Gasteiger partial charge in [-0.1, -0.05) is 23.2 Å². The van der Waals surface area contributed by atoms with E-state index in [1.807, 2.05) is 37.3 Å². The molecular formula is C16H18N5O2+. The van der Waals surface area contributed by atoms with Gasteiger partial charge in [0.1, 0.15) is 0 Å². The normalized spacial score (nSPS) is 17.3. The number of para-hydroxylation sites is 1. The number of urea groups is 1. The molecule has 0 fully saturated rings. The van der Waals surface area contributed by atoms with Gasteiger partial charge in [-0.05, 0) is 19.1 Å². The van der Waals surface area contributed by atoms with E-state index in [2.05, 4.69) is 14.9 Å². The van der Waals surface area contributed by atoms with E-state index in [1.165, 1.54) is 11.6 Å². The van der Waals surface area contributed by atoms with Crippen molar-refractivity contribution < 1.29 is 14.2 Å². The third-order valence-corrected chi connectivity index (χ3v) is 3.92. The standard InChI is InChI=1S/C16H18N5O2/c1-4-21(11-8-6-5-7-9-11)10-12-17-13-14(18-12)19(2)16(23)20(3)15(13)22/h5-9H,4,10H2,1-3H3/q+1. The number of amidine groups is 2. The smallest absolute Gasteiger partial charge is 0.363 e. The Bertz CT molecular complexity index is 764. The highest BCUT2D eigenvalue weighted by Crippen LogP contribution is 2.15. The zero-order valence-corrected chi connectivity index (χ0v) is 13.4. The molecule has 0 radical (unpaired) electrons. The summed E-state index contributed by atoms with van der Waals surface area (Å²) in [5, 5.41) is 0. The highest BCUT2D eigenvalue weighted by Gasteiger charge is 2.44. The summed E-state index contributed by atoms with van der Waals surface area (Å²) in [6.45, 7) is 3.31. The van der Waals surface area contributed by atoms with Gasteiger partial charge in [0.25, 0.3) is 0 Å². The van der Waals surface area contributed by atoms with Gasteiger partial charge in [0.2, 0.25) is 11.5 Å². The fraction of sp³-hybridized carbons (Fsp3) is 0.312. The van der Waals surface area contributed by atoms with Crippen LogP contribution in [-0.4, -0.2) is 66.0 Å². The lowest BCUT2D eigenvalue weighted by Crippen LogP contribution is -2.51. The van der Waals surface area contributed by atoms with Crippen molar-refractivity contribution in [1.82, 2.24) is 4.90 Å². The number of benzene rings is 1. The van der Waals surface area contributed by atoms with E-state index in [0.29, 0.717) is 18.2 Å². The number of hydrogen-bond acceptors (Lipinski definition) is 5. The van der Waals surface area contributed by atoms with Gasteiger partial charge in [-0.15, -0.1) is 0 Å². The van der Waals surface area contributed by atoms with Gasteiger partial charge >= 0.3 is 17.8 Å². The van der Waals surface area contributed by atoms with E-state index in [0.717, 1.165) is 17.1 Å². The minimum Gasteiger partial charge on any atom is -0.363 e. The Morgan fingerprint density at radius 3 is 2.52 bits per heavy atom. The minimum absolute atomic E-state index is 0.230. The molecule has 0 atom stereocenters. The van der Waals surface area contributed by atoms with Gasteiger partial charge in [-0.2, -0.15) is 9.48 Å². The Hall–Kier alpha value is -2.83. The van der Waals surface area contributed by atoms with E-state index in [4.69, 9.17) is 0 Å². The lowest BCUT2D eigenvalue weighted by molar-refractivity contribution is -0.401. The molecule has 7 heteroatoms. The number of likely N-dealkylation sites (N-methyl/N-ethyl adjacent to an activating group) is 1. The van der Waals surface area contributed by atoms with Crippen LogP contribution < -0.4 is 4.90 Å². The molecule has 0 saturated heterocycles. The molecule has 23 heavy (non-hydrogen) atoms. The quantitative estimate of drug-likeness (QED) is 0.779. The number of imide groups is 1. The molecule has 3 rings (SSSR count). The van der Waals surface area contributed by atoms with Crippen LogP contribution in [0.5, 0.6) is 0 Å². The maximum atomic E-state index is 12.2. The van der Waals surface area contributed by atoms with Crippen LogP contribution in [0.15, 0.2) is 40.3 Å². The van der Waals surface area contributed by atoms with Crippen molar-refractivity contribution >= 4 is 35.0 Å². The van der Waals surface area contributed by atoms with Crippen LogP contribution in [-0.2, 0) is 4.79 Å². The van der Waals surface area contributed by atoms with E-state index in [9.17, 15) is 9.59 Å². The summed E-state index contributed by atoms with van der Waals surface area (Å²) in [5.41, 5.74) is 1.29. The van der Waals surface area contributed by atoms with Gasteiger partial charge in [0, 0.05) is 12.2 Å². The molecular weight excluding hydrogens is 294 g/mol. The third kappa shape index (κ3) is 2.54. The van der Waals surface area contributed by atoms with Crippen molar-refractivity contribution in [2.45, 2.75) is 6.92 Å². The molecule has 0 aromatic heterocycles. The lowest BCUT2D eigenvalue weighted by Gasteiger charge is -2.21. The molecule has 0 N–H and O–H groups in total. The lowest BCUT2D eigenvalue weighted by atomic mass is 10.2. The predicted molar refractivity (Wildman–Crippen MR) is 88.6 cm³/mol. The van der Waals surface area contributed by atoms with Crippen molar-refractivity contribution in [2.24, 2.45) is 9.98 Å². The maximum Gasteiger partial charge on any atom is 0.446 e.